The molecule has 112 valence electrons. The van der Waals surface area contributed by atoms with Gasteiger partial charge in [0.2, 0.25) is 0 Å². The number of aliphatic hydroxyl groups excluding tert-OH is 1. The Bertz CT molecular complexity index is 465. The van der Waals surface area contributed by atoms with E-state index in [0.29, 0.717) is 17.1 Å². The first-order valence-electron chi connectivity index (χ1n) is 6.39. The maximum atomic E-state index is 11.6. The summed E-state index contributed by atoms with van der Waals surface area (Å²) in [5.41, 5.74) is -0.125. The van der Waals surface area contributed by atoms with E-state index in [1.165, 1.54) is 7.11 Å². The summed E-state index contributed by atoms with van der Waals surface area (Å²) in [5.74, 6) is 0.774. The number of ether oxygens (including phenoxy) is 3. The van der Waals surface area contributed by atoms with Crippen molar-refractivity contribution in [3.63, 3.8) is 0 Å². The zero-order valence-electron chi connectivity index (χ0n) is 12.6. The molecule has 0 aliphatic rings. The molecule has 1 aromatic rings. The van der Waals surface area contributed by atoms with Gasteiger partial charge in [-0.2, -0.15) is 0 Å². The minimum Gasteiger partial charge on any atom is -0.497 e. The summed E-state index contributed by atoms with van der Waals surface area (Å²) in [6.45, 7) is 5.27. The molecule has 1 rings (SSSR count). The summed E-state index contributed by atoms with van der Waals surface area (Å²) in [4.78, 5) is 11.6. The molecule has 0 heterocycles. The molecule has 1 N–H and O–H groups in total. The number of carbonyl (C=O) groups excluding carboxylic acids is 1. The smallest absolute Gasteiger partial charge is 0.314 e. The van der Waals surface area contributed by atoms with E-state index in [2.05, 4.69) is 0 Å². The zero-order valence-corrected chi connectivity index (χ0v) is 12.6. The first-order valence-corrected chi connectivity index (χ1v) is 6.39. The fourth-order valence-corrected chi connectivity index (χ4v) is 1.71. The van der Waals surface area contributed by atoms with Crippen molar-refractivity contribution in [1.29, 1.82) is 0 Å². The van der Waals surface area contributed by atoms with E-state index in [9.17, 15) is 9.90 Å². The van der Waals surface area contributed by atoms with E-state index >= 15 is 0 Å². The maximum absolute atomic E-state index is 11.6. The third-order valence-electron chi connectivity index (χ3n) is 3.00. The van der Waals surface area contributed by atoms with Crippen LogP contribution in [0.3, 0.4) is 0 Å². The highest BCUT2D eigenvalue weighted by Crippen LogP contribution is 2.31. The standard InChI is InChI=1S/C15H22O5/c1-10(16)12-7-6-11(18-4)8-13(12)20-9-15(2,3)14(17)19-5/h6-8,10,16H,9H2,1-5H3. The summed E-state index contributed by atoms with van der Waals surface area (Å²) in [5, 5.41) is 9.74. The quantitative estimate of drug-likeness (QED) is 0.811. The lowest BCUT2D eigenvalue weighted by Gasteiger charge is -2.23. The van der Waals surface area contributed by atoms with Crippen molar-refractivity contribution < 1.29 is 24.1 Å². The molecule has 0 amide bonds. The predicted octanol–water partition coefficient (Wildman–Crippen LogP) is 2.33. The van der Waals surface area contributed by atoms with Crippen LogP contribution in [0.4, 0.5) is 0 Å². The van der Waals surface area contributed by atoms with Gasteiger partial charge in [0, 0.05) is 11.6 Å². The van der Waals surface area contributed by atoms with Crippen LogP contribution in [-0.4, -0.2) is 31.9 Å². The van der Waals surface area contributed by atoms with Crippen molar-refractivity contribution in [3.05, 3.63) is 23.8 Å². The molecule has 1 aromatic carbocycles. The monoisotopic (exact) mass is 282 g/mol. The molecular formula is C15H22O5. The number of esters is 1. The lowest BCUT2D eigenvalue weighted by molar-refractivity contribution is -0.152. The Hall–Kier alpha value is -1.75. The SMILES string of the molecule is COC(=O)C(C)(C)COc1cc(OC)ccc1C(C)O. The normalized spacial score (nSPS) is 12.7. The van der Waals surface area contributed by atoms with Gasteiger partial charge in [-0.15, -0.1) is 0 Å². The van der Waals surface area contributed by atoms with Gasteiger partial charge >= 0.3 is 5.97 Å². The van der Waals surface area contributed by atoms with Crippen LogP contribution in [0.5, 0.6) is 11.5 Å². The summed E-state index contributed by atoms with van der Waals surface area (Å²) in [6, 6.07) is 5.18. The van der Waals surface area contributed by atoms with Crippen LogP contribution in [0.2, 0.25) is 0 Å². The summed E-state index contributed by atoms with van der Waals surface area (Å²) < 4.78 is 15.6. The Morgan fingerprint density at radius 2 is 2.00 bits per heavy atom. The number of hydrogen-bond donors (Lipinski definition) is 1. The van der Waals surface area contributed by atoms with Gasteiger partial charge in [-0.05, 0) is 32.9 Å². The Kier molecular flexibility index (Phi) is 5.39. The van der Waals surface area contributed by atoms with Gasteiger partial charge in [-0.3, -0.25) is 4.79 Å². The Morgan fingerprint density at radius 1 is 1.35 bits per heavy atom. The largest absolute Gasteiger partial charge is 0.497 e. The zero-order chi connectivity index (χ0) is 15.3. The van der Waals surface area contributed by atoms with Gasteiger partial charge in [0.15, 0.2) is 0 Å². The predicted molar refractivity (Wildman–Crippen MR) is 74.9 cm³/mol. The van der Waals surface area contributed by atoms with Crippen LogP contribution < -0.4 is 9.47 Å². The molecule has 5 nitrogen and oxygen atoms in total. The van der Waals surface area contributed by atoms with E-state index in [-0.39, 0.29) is 12.6 Å². The molecule has 0 aromatic heterocycles. The van der Waals surface area contributed by atoms with Crippen molar-refractivity contribution in [2.45, 2.75) is 26.9 Å². The highest BCUT2D eigenvalue weighted by Gasteiger charge is 2.30. The molecular weight excluding hydrogens is 260 g/mol. The van der Waals surface area contributed by atoms with Gasteiger partial charge in [-0.25, -0.2) is 0 Å². The van der Waals surface area contributed by atoms with Crippen molar-refractivity contribution >= 4 is 5.97 Å². The van der Waals surface area contributed by atoms with E-state index < -0.39 is 11.5 Å². The number of rotatable bonds is 6. The minimum atomic E-state index is -0.770. The fraction of sp³-hybridized carbons (Fsp3) is 0.533. The van der Waals surface area contributed by atoms with Crippen LogP contribution in [0.1, 0.15) is 32.4 Å². The summed E-state index contributed by atoms with van der Waals surface area (Å²) in [7, 11) is 2.90. The average Bonchev–Trinajstić information content (AvgIpc) is 2.43. The average molecular weight is 282 g/mol. The molecule has 0 saturated heterocycles. The van der Waals surface area contributed by atoms with Crippen LogP contribution in [0, 0.1) is 5.41 Å². The highest BCUT2D eigenvalue weighted by molar-refractivity contribution is 5.75. The van der Waals surface area contributed by atoms with E-state index in [1.807, 2.05) is 0 Å². The molecule has 0 bridgehead atoms. The summed E-state index contributed by atoms with van der Waals surface area (Å²) >= 11 is 0. The minimum absolute atomic E-state index is 0.145. The van der Waals surface area contributed by atoms with E-state index in [1.54, 1.807) is 46.1 Å². The Morgan fingerprint density at radius 3 is 2.50 bits per heavy atom. The first kappa shape index (κ1) is 16.3. The van der Waals surface area contributed by atoms with Crippen LogP contribution in [-0.2, 0) is 9.53 Å². The molecule has 0 saturated carbocycles. The molecule has 1 atom stereocenters. The number of hydrogen-bond acceptors (Lipinski definition) is 5. The fourth-order valence-electron chi connectivity index (χ4n) is 1.71. The number of carbonyl (C=O) groups is 1. The first-order chi connectivity index (χ1) is 9.31. The number of benzene rings is 1. The second kappa shape index (κ2) is 6.61. The Labute approximate surface area is 119 Å². The van der Waals surface area contributed by atoms with Gasteiger partial charge in [0.1, 0.15) is 18.1 Å². The second-order valence-corrected chi connectivity index (χ2v) is 5.24. The summed E-state index contributed by atoms with van der Waals surface area (Å²) in [6.07, 6.45) is -0.669. The lowest BCUT2D eigenvalue weighted by atomic mass is 9.95. The third kappa shape index (κ3) is 3.87. The van der Waals surface area contributed by atoms with Crippen molar-refractivity contribution in [3.8, 4) is 11.5 Å². The topological polar surface area (TPSA) is 65.0 Å². The maximum Gasteiger partial charge on any atom is 0.314 e. The van der Waals surface area contributed by atoms with Gasteiger partial charge in [0.05, 0.1) is 25.7 Å². The molecule has 0 radical (unpaired) electrons. The van der Waals surface area contributed by atoms with Crippen molar-refractivity contribution in [2.75, 3.05) is 20.8 Å². The van der Waals surface area contributed by atoms with Crippen LogP contribution in [0.15, 0.2) is 18.2 Å². The number of aliphatic hydroxyl groups is 1. The van der Waals surface area contributed by atoms with Gasteiger partial charge in [0.25, 0.3) is 0 Å². The highest BCUT2D eigenvalue weighted by atomic mass is 16.5. The molecule has 20 heavy (non-hydrogen) atoms. The second-order valence-electron chi connectivity index (χ2n) is 5.24. The van der Waals surface area contributed by atoms with E-state index in [0.717, 1.165) is 0 Å². The van der Waals surface area contributed by atoms with Gasteiger partial charge < -0.3 is 19.3 Å². The third-order valence-corrected chi connectivity index (χ3v) is 3.00. The van der Waals surface area contributed by atoms with Crippen molar-refractivity contribution in [1.82, 2.24) is 0 Å². The van der Waals surface area contributed by atoms with Crippen LogP contribution >= 0.6 is 0 Å². The van der Waals surface area contributed by atoms with E-state index in [4.69, 9.17) is 14.2 Å². The molecule has 5 heteroatoms. The molecule has 0 spiro atoms. The molecule has 1 unspecified atom stereocenters. The van der Waals surface area contributed by atoms with Crippen LogP contribution in [0.25, 0.3) is 0 Å². The number of methoxy groups -OCH3 is 2. The van der Waals surface area contributed by atoms with Gasteiger partial charge in [-0.1, -0.05) is 0 Å². The molecule has 0 aliphatic heterocycles. The lowest BCUT2D eigenvalue weighted by Crippen LogP contribution is -2.32. The van der Waals surface area contributed by atoms with Crippen molar-refractivity contribution in [2.24, 2.45) is 5.41 Å². The molecule has 0 fully saturated rings. The molecule has 0 aliphatic carbocycles. The Balaban J connectivity index is 2.93.